The van der Waals surface area contributed by atoms with E-state index in [1.165, 1.54) is 0 Å². The molecule has 0 saturated heterocycles. The van der Waals surface area contributed by atoms with Gasteiger partial charge in [-0.3, -0.25) is 0 Å². The number of aromatic nitrogens is 2. The van der Waals surface area contributed by atoms with Gasteiger partial charge >= 0.3 is 183 Å². The number of hydrogen-bond acceptors (Lipinski definition) is 2. The number of allylic oxidation sites excluding steroid dienone is 1. The van der Waals surface area contributed by atoms with Crippen LogP contribution in [0.2, 0.25) is 0 Å². The van der Waals surface area contributed by atoms with Gasteiger partial charge in [-0.05, 0) is 35.4 Å². The molecule has 0 aliphatic rings. The molecule has 4 nitrogen and oxygen atoms in total. The van der Waals surface area contributed by atoms with Gasteiger partial charge in [-0.15, -0.1) is 10.9 Å². The molecule has 0 spiro atoms. The third-order valence-electron chi connectivity index (χ3n) is 13.1. The summed E-state index contributed by atoms with van der Waals surface area (Å²) in [6.07, 6.45) is 0. The number of hydrogen-bond donors (Lipinski definition) is 1. The maximum atomic E-state index is 7.23. The Hall–Kier alpha value is -6.00. The van der Waals surface area contributed by atoms with Gasteiger partial charge in [0.15, 0.2) is 0 Å². The monoisotopic (exact) mass is 807 g/mol. The van der Waals surface area contributed by atoms with Crippen molar-refractivity contribution in [3.05, 3.63) is 95.7 Å². The van der Waals surface area contributed by atoms with E-state index in [9.17, 15) is 0 Å². The van der Waals surface area contributed by atoms with E-state index in [-0.39, 0.29) is 93.4 Å². The summed E-state index contributed by atoms with van der Waals surface area (Å²) in [6, 6.07) is 26.6. The standard InChI is InChI=1S/C48H17B14N2O2/c1-15-27-28(31(49)35(53)38(56)45(27)65-44(15)41(59)42(60)48(61)62)18-8-11-26-22(14-18)21-13-17(16-6-9-24-20(12-16)19-4-2-3-5-23(19)63-24)7-10-25(21)64(26)43-33(51)30-29-32(50)34(52)36(54)39(57)46(29)66-47(30)40(58)37(43)55/h2-14,63H,1H3/b42-41-. The Kier molecular flexibility index (Phi) is 9.69. The van der Waals surface area contributed by atoms with Gasteiger partial charge in [-0.2, -0.15) is 0 Å². The molecule has 0 atom stereocenters. The molecule has 0 unspecified atom stereocenters. The summed E-state index contributed by atoms with van der Waals surface area (Å²) >= 11 is 0. The predicted molar refractivity (Wildman–Crippen MR) is 292 cm³/mol. The van der Waals surface area contributed by atoms with Crippen molar-refractivity contribution >= 4 is 251 Å². The fourth-order valence-corrected chi connectivity index (χ4v) is 9.63. The number of rotatable bonds is 5. The van der Waals surface area contributed by atoms with Crippen LogP contribution in [0.4, 0.5) is 0 Å². The maximum absolute atomic E-state index is 7.23. The van der Waals surface area contributed by atoms with Crippen LogP contribution in [0.25, 0.3) is 110 Å². The minimum absolute atomic E-state index is 0.0236. The third kappa shape index (κ3) is 5.82. The van der Waals surface area contributed by atoms with E-state index < -0.39 is 0 Å². The Balaban J connectivity index is 1.24. The number of benzene rings is 7. The summed E-state index contributed by atoms with van der Waals surface area (Å²) in [5.41, 5.74) is 9.54. The Bertz CT molecular complexity index is 4080. The van der Waals surface area contributed by atoms with Crippen LogP contribution >= 0.6 is 0 Å². The number of para-hydroxylation sites is 1. The van der Waals surface area contributed by atoms with Gasteiger partial charge in [0.05, 0.1) is 0 Å². The van der Waals surface area contributed by atoms with Crippen molar-refractivity contribution in [1.29, 1.82) is 0 Å². The van der Waals surface area contributed by atoms with Crippen LogP contribution in [-0.2, 0) is 0 Å². The van der Waals surface area contributed by atoms with Crippen LogP contribution in [0.5, 0.6) is 0 Å². The molecule has 273 valence electrons. The predicted octanol–water partition coefficient (Wildman–Crippen LogP) is -0.883. The van der Waals surface area contributed by atoms with Gasteiger partial charge < -0.3 is 9.40 Å². The van der Waals surface area contributed by atoms with Gasteiger partial charge in [0, 0.05) is 38.3 Å². The zero-order valence-corrected chi connectivity index (χ0v) is 35.4. The van der Waals surface area contributed by atoms with E-state index in [1.54, 1.807) is 0 Å². The molecule has 1 N–H and O–H groups in total. The van der Waals surface area contributed by atoms with E-state index >= 15 is 0 Å². The Morgan fingerprint density at radius 1 is 0.485 bits per heavy atom. The van der Waals surface area contributed by atoms with Gasteiger partial charge in [-0.1, -0.05) is 57.6 Å². The number of nitrogens with zero attached hydrogens (tertiary/aromatic N) is 1. The first-order chi connectivity index (χ1) is 31.5. The molecular weight excluding hydrogens is 788 g/mol. The first-order valence-corrected chi connectivity index (χ1v) is 20.6. The molecule has 0 aliphatic carbocycles. The van der Waals surface area contributed by atoms with Crippen LogP contribution in [0, 0.1) is 6.92 Å². The Labute approximate surface area is 398 Å². The second-order valence-corrected chi connectivity index (χ2v) is 16.6. The van der Waals surface area contributed by atoms with Crippen molar-refractivity contribution in [2.45, 2.75) is 6.92 Å². The molecule has 0 aliphatic heterocycles. The SMILES string of the molecule is [B]C(=[B])/C([B])=C(/[B])c1oc2c([B])c([B])c([B])c(-c3ccc4c(c3)c3cc(-c5ccc6[nH]c7ccccc7c6c5)ccc3n4-c3c([B])c([B])c4oc5c([B])c([B])c([B])c([B])c5c4c3[B])c2c1C. The second-order valence-electron chi connectivity index (χ2n) is 16.6. The fraction of sp³-hybridized carbons (Fsp3) is 0.0208. The minimum atomic E-state index is -0.174. The van der Waals surface area contributed by atoms with E-state index in [0.717, 1.165) is 49.2 Å². The average molecular weight is 805 g/mol. The molecule has 0 saturated carbocycles. The van der Waals surface area contributed by atoms with Gasteiger partial charge in [0.25, 0.3) is 0 Å². The van der Waals surface area contributed by atoms with Crippen LogP contribution in [-0.4, -0.2) is 124 Å². The summed E-state index contributed by atoms with van der Waals surface area (Å²) in [7, 11) is 91.1. The van der Waals surface area contributed by atoms with Crippen molar-refractivity contribution < 1.29 is 8.83 Å². The summed E-state index contributed by atoms with van der Waals surface area (Å²) < 4.78 is 14.5. The first kappa shape index (κ1) is 42.6. The summed E-state index contributed by atoms with van der Waals surface area (Å²) in [6.45, 7) is 1.81. The fourth-order valence-electron chi connectivity index (χ4n) is 9.63. The first-order valence-electron chi connectivity index (χ1n) is 20.6. The normalized spacial score (nSPS) is 12.5. The van der Waals surface area contributed by atoms with E-state index in [1.807, 2.05) is 54.0 Å². The molecule has 0 fully saturated rings. The summed E-state index contributed by atoms with van der Waals surface area (Å²) in [4.78, 5) is 3.52. The topological polar surface area (TPSA) is 47.0 Å². The zero-order valence-electron chi connectivity index (χ0n) is 35.4. The summed E-state index contributed by atoms with van der Waals surface area (Å²) in [5, 5.41) is 4.94. The molecule has 4 aromatic heterocycles. The van der Waals surface area contributed by atoms with E-state index in [0.29, 0.717) is 44.1 Å². The van der Waals surface area contributed by atoms with Crippen molar-refractivity contribution in [3.63, 3.8) is 0 Å². The van der Waals surface area contributed by atoms with Crippen LogP contribution < -0.4 is 54.6 Å². The van der Waals surface area contributed by atoms with Crippen LogP contribution in [0.3, 0.4) is 0 Å². The molecular formula is C48H17B14N2O2. The number of nitrogens with one attached hydrogen (secondary N) is 1. The molecule has 4 heterocycles. The number of H-pyrrole nitrogens is 1. The number of aromatic amines is 1. The van der Waals surface area contributed by atoms with Crippen LogP contribution in [0.15, 0.2) is 93.2 Å². The van der Waals surface area contributed by atoms with Crippen LogP contribution in [0.1, 0.15) is 11.3 Å². The third-order valence-corrected chi connectivity index (χ3v) is 13.1. The summed E-state index contributed by atoms with van der Waals surface area (Å²) in [5.74, 6) is 0.209. The zero-order chi connectivity index (χ0) is 46.5. The van der Waals surface area contributed by atoms with Crippen molar-refractivity contribution in [2.24, 2.45) is 0 Å². The molecule has 11 rings (SSSR count). The average Bonchev–Trinajstić information content (AvgIpc) is 4.08. The molecule has 66 heavy (non-hydrogen) atoms. The molecule has 7 aromatic carbocycles. The quantitative estimate of drug-likeness (QED) is 0.230. The van der Waals surface area contributed by atoms with Crippen molar-refractivity contribution in [3.8, 4) is 27.9 Å². The Morgan fingerprint density at radius 3 is 1.67 bits per heavy atom. The molecule has 18 heteroatoms. The Morgan fingerprint density at radius 2 is 1.00 bits per heavy atom. The molecule has 0 bridgehead atoms. The van der Waals surface area contributed by atoms with Crippen molar-refractivity contribution in [2.75, 3.05) is 0 Å². The number of furan rings is 2. The van der Waals surface area contributed by atoms with E-state index in [2.05, 4.69) is 41.4 Å². The number of aryl methyl sites for hydroxylation is 1. The molecule has 27 radical (unpaired) electrons. The number of fused-ring (bicyclic) bond motifs is 10. The molecule has 11 aromatic rings. The van der Waals surface area contributed by atoms with E-state index in [4.69, 9.17) is 118 Å². The molecule has 0 amide bonds. The second kappa shape index (κ2) is 15.0. The van der Waals surface area contributed by atoms with Crippen molar-refractivity contribution in [1.82, 2.24) is 9.55 Å². The van der Waals surface area contributed by atoms with Gasteiger partial charge in [-0.25, -0.2) is 0 Å². The van der Waals surface area contributed by atoms with Gasteiger partial charge in [0.1, 0.15) is 66.1 Å². The van der Waals surface area contributed by atoms with Gasteiger partial charge in [0.2, 0.25) is 0 Å².